The van der Waals surface area contributed by atoms with Crippen molar-refractivity contribution in [3.63, 3.8) is 0 Å². The SMILES string of the molecule is CC(C)NCc1coc(-c2cccc(C#N)c2)n1. The molecule has 0 aliphatic rings. The monoisotopic (exact) mass is 241 g/mol. The Bertz CT molecular complexity index is 566. The number of hydrogen-bond donors (Lipinski definition) is 1. The summed E-state index contributed by atoms with van der Waals surface area (Å²) in [5.74, 6) is 0.549. The first kappa shape index (κ1) is 12.3. The van der Waals surface area contributed by atoms with Gasteiger partial charge in [-0.1, -0.05) is 19.9 Å². The lowest BCUT2D eigenvalue weighted by Crippen LogP contribution is -2.21. The molecule has 1 aromatic heterocycles. The van der Waals surface area contributed by atoms with E-state index in [1.54, 1.807) is 18.4 Å². The van der Waals surface area contributed by atoms with Crippen molar-refractivity contribution in [3.05, 3.63) is 41.8 Å². The molecule has 0 atom stereocenters. The third-order valence-corrected chi connectivity index (χ3v) is 2.48. The Balaban J connectivity index is 2.16. The molecule has 0 saturated heterocycles. The molecule has 0 amide bonds. The summed E-state index contributed by atoms with van der Waals surface area (Å²) in [4.78, 5) is 4.39. The van der Waals surface area contributed by atoms with E-state index in [2.05, 4.69) is 30.2 Å². The van der Waals surface area contributed by atoms with Gasteiger partial charge in [0.15, 0.2) is 0 Å². The number of nitriles is 1. The molecule has 1 N–H and O–H groups in total. The summed E-state index contributed by atoms with van der Waals surface area (Å²) in [5.41, 5.74) is 2.29. The molecule has 0 radical (unpaired) electrons. The lowest BCUT2D eigenvalue weighted by Gasteiger charge is -2.04. The summed E-state index contributed by atoms with van der Waals surface area (Å²) in [6.07, 6.45) is 1.64. The van der Waals surface area contributed by atoms with Crippen molar-refractivity contribution in [2.45, 2.75) is 26.4 Å². The third-order valence-electron chi connectivity index (χ3n) is 2.48. The minimum Gasteiger partial charge on any atom is -0.444 e. The molecule has 2 aromatic rings. The fourth-order valence-electron chi connectivity index (χ4n) is 1.55. The average molecular weight is 241 g/mol. The minimum absolute atomic E-state index is 0.409. The molecule has 1 aromatic carbocycles. The Labute approximate surface area is 106 Å². The van der Waals surface area contributed by atoms with E-state index in [0.29, 0.717) is 24.0 Å². The molecule has 0 unspecified atom stereocenters. The lowest BCUT2D eigenvalue weighted by atomic mass is 10.1. The molecular weight excluding hydrogens is 226 g/mol. The number of hydrogen-bond acceptors (Lipinski definition) is 4. The Morgan fingerprint density at radius 3 is 3.00 bits per heavy atom. The summed E-state index contributed by atoms with van der Waals surface area (Å²) < 4.78 is 5.42. The van der Waals surface area contributed by atoms with Gasteiger partial charge in [0.1, 0.15) is 6.26 Å². The van der Waals surface area contributed by atoms with Crippen molar-refractivity contribution < 1.29 is 4.42 Å². The van der Waals surface area contributed by atoms with Crippen LogP contribution in [0.4, 0.5) is 0 Å². The highest BCUT2D eigenvalue weighted by molar-refractivity contribution is 5.56. The van der Waals surface area contributed by atoms with Crippen molar-refractivity contribution in [2.24, 2.45) is 0 Å². The van der Waals surface area contributed by atoms with E-state index < -0.39 is 0 Å². The highest BCUT2D eigenvalue weighted by atomic mass is 16.3. The van der Waals surface area contributed by atoms with E-state index in [4.69, 9.17) is 9.68 Å². The minimum atomic E-state index is 0.409. The van der Waals surface area contributed by atoms with E-state index in [1.807, 2.05) is 12.1 Å². The van der Waals surface area contributed by atoms with Crippen LogP contribution in [-0.4, -0.2) is 11.0 Å². The van der Waals surface area contributed by atoms with E-state index in [-0.39, 0.29) is 0 Å². The number of benzene rings is 1. The van der Waals surface area contributed by atoms with Crippen LogP contribution in [0.25, 0.3) is 11.5 Å². The number of rotatable bonds is 4. The predicted octanol–water partition coefficient (Wildman–Crippen LogP) is 2.71. The van der Waals surface area contributed by atoms with Crippen molar-refractivity contribution in [2.75, 3.05) is 0 Å². The van der Waals surface area contributed by atoms with Gasteiger partial charge in [-0.25, -0.2) is 4.98 Å². The Morgan fingerprint density at radius 1 is 1.44 bits per heavy atom. The molecule has 92 valence electrons. The number of nitrogens with one attached hydrogen (secondary N) is 1. The molecule has 4 nitrogen and oxygen atoms in total. The van der Waals surface area contributed by atoms with Crippen LogP contribution < -0.4 is 5.32 Å². The van der Waals surface area contributed by atoms with Gasteiger partial charge < -0.3 is 9.73 Å². The van der Waals surface area contributed by atoms with Gasteiger partial charge in [0.25, 0.3) is 0 Å². The second-order valence-electron chi connectivity index (χ2n) is 4.37. The lowest BCUT2D eigenvalue weighted by molar-refractivity contribution is 0.560. The van der Waals surface area contributed by atoms with Gasteiger partial charge in [-0.15, -0.1) is 0 Å². The van der Waals surface area contributed by atoms with Gasteiger partial charge in [0, 0.05) is 18.2 Å². The highest BCUT2D eigenvalue weighted by Crippen LogP contribution is 2.19. The van der Waals surface area contributed by atoms with Gasteiger partial charge in [0.2, 0.25) is 5.89 Å². The van der Waals surface area contributed by atoms with Crippen molar-refractivity contribution >= 4 is 0 Å². The van der Waals surface area contributed by atoms with Crippen LogP contribution in [0.3, 0.4) is 0 Å². The number of nitrogens with zero attached hydrogens (tertiary/aromatic N) is 2. The summed E-state index contributed by atoms with van der Waals surface area (Å²) >= 11 is 0. The molecule has 0 saturated carbocycles. The van der Waals surface area contributed by atoms with Gasteiger partial charge >= 0.3 is 0 Å². The van der Waals surface area contributed by atoms with Crippen LogP contribution in [0.15, 0.2) is 34.9 Å². The maximum absolute atomic E-state index is 8.85. The van der Waals surface area contributed by atoms with Gasteiger partial charge in [0.05, 0.1) is 17.3 Å². The summed E-state index contributed by atoms with van der Waals surface area (Å²) in [7, 11) is 0. The standard InChI is InChI=1S/C14H15N3O/c1-10(2)16-8-13-9-18-14(17-13)12-5-3-4-11(6-12)7-15/h3-6,9-10,16H,8H2,1-2H3. The zero-order chi connectivity index (χ0) is 13.0. The van der Waals surface area contributed by atoms with Gasteiger partial charge in [-0.2, -0.15) is 5.26 Å². The van der Waals surface area contributed by atoms with Crippen LogP contribution in [0.2, 0.25) is 0 Å². The Hall–Kier alpha value is -2.12. The largest absolute Gasteiger partial charge is 0.444 e. The molecule has 0 spiro atoms. The van der Waals surface area contributed by atoms with Crippen LogP contribution in [0.1, 0.15) is 25.1 Å². The third kappa shape index (κ3) is 2.96. The first-order chi connectivity index (χ1) is 8.69. The van der Waals surface area contributed by atoms with E-state index in [9.17, 15) is 0 Å². The molecule has 1 heterocycles. The molecule has 2 rings (SSSR count). The highest BCUT2D eigenvalue weighted by Gasteiger charge is 2.07. The zero-order valence-corrected chi connectivity index (χ0v) is 10.5. The maximum Gasteiger partial charge on any atom is 0.226 e. The number of aromatic nitrogens is 1. The summed E-state index contributed by atoms with van der Waals surface area (Å²) in [6.45, 7) is 4.84. The topological polar surface area (TPSA) is 61.9 Å². The molecule has 0 aliphatic carbocycles. The molecular formula is C14H15N3O. The molecule has 0 fully saturated rings. The first-order valence-electron chi connectivity index (χ1n) is 5.87. The quantitative estimate of drug-likeness (QED) is 0.894. The number of oxazole rings is 1. The maximum atomic E-state index is 8.85. The first-order valence-corrected chi connectivity index (χ1v) is 5.87. The molecule has 4 heteroatoms. The normalized spacial score (nSPS) is 10.6. The van der Waals surface area contributed by atoms with Crippen LogP contribution in [0, 0.1) is 11.3 Å². The van der Waals surface area contributed by atoms with E-state index in [1.165, 1.54) is 0 Å². The summed E-state index contributed by atoms with van der Waals surface area (Å²) in [5, 5.41) is 12.1. The average Bonchev–Trinajstić information content (AvgIpc) is 2.85. The molecule has 0 aliphatic heterocycles. The second-order valence-corrected chi connectivity index (χ2v) is 4.37. The summed E-state index contributed by atoms with van der Waals surface area (Å²) in [6, 6.07) is 9.74. The van der Waals surface area contributed by atoms with Crippen LogP contribution in [-0.2, 0) is 6.54 Å². The van der Waals surface area contributed by atoms with Crippen LogP contribution >= 0.6 is 0 Å². The smallest absolute Gasteiger partial charge is 0.226 e. The Kier molecular flexibility index (Phi) is 3.75. The Morgan fingerprint density at radius 2 is 2.28 bits per heavy atom. The van der Waals surface area contributed by atoms with Gasteiger partial charge in [-0.05, 0) is 18.2 Å². The molecule has 18 heavy (non-hydrogen) atoms. The van der Waals surface area contributed by atoms with E-state index >= 15 is 0 Å². The van der Waals surface area contributed by atoms with E-state index in [0.717, 1.165) is 11.3 Å². The molecule has 0 bridgehead atoms. The fourth-order valence-corrected chi connectivity index (χ4v) is 1.55. The fraction of sp³-hybridized carbons (Fsp3) is 0.286. The van der Waals surface area contributed by atoms with Gasteiger partial charge in [-0.3, -0.25) is 0 Å². The zero-order valence-electron chi connectivity index (χ0n) is 10.5. The second kappa shape index (κ2) is 5.48. The van der Waals surface area contributed by atoms with Crippen molar-refractivity contribution in [1.82, 2.24) is 10.3 Å². The van der Waals surface area contributed by atoms with Crippen LogP contribution in [0.5, 0.6) is 0 Å². The predicted molar refractivity (Wildman–Crippen MR) is 68.6 cm³/mol. The van der Waals surface area contributed by atoms with Crippen molar-refractivity contribution in [1.29, 1.82) is 5.26 Å². The van der Waals surface area contributed by atoms with Crippen molar-refractivity contribution in [3.8, 4) is 17.5 Å².